The molecule has 0 aromatic heterocycles. The molecule has 1 aliphatic heterocycles. The molecule has 6 N–H and O–H groups in total. The molecule has 26 nitrogen and oxygen atoms in total. The Morgan fingerprint density at radius 1 is 0.440 bits per heavy atom. The summed E-state index contributed by atoms with van der Waals surface area (Å²) >= 11 is 0. The van der Waals surface area contributed by atoms with E-state index in [4.69, 9.17) is 76.8 Å². The van der Waals surface area contributed by atoms with Gasteiger partial charge in [0.2, 0.25) is 0 Å². The molecule has 8 aliphatic rings. The van der Waals surface area contributed by atoms with E-state index in [1.807, 2.05) is 27.7 Å². The van der Waals surface area contributed by atoms with Crippen molar-refractivity contribution < 1.29 is 95.1 Å². The topological polar surface area (TPSA) is 293 Å². The standard InChI is InChI=1S/C62H102N4O13.C15H17NO5.C6H15NO2/c1-4-7-12-17-52-38-55(52)41-76-49-63-22-26-68-30-34-72-45-62(46-73-35-31-69-27-23-64-50-77-42-56-39-53(56)18-13-8-5-2,47-74-36-32-70-28-24-65-51-78-43-57-40-54(57)19-14-9-6-3)48-75-37-33-71-29-25-66-61(67)79-44-60-58-20-15-10-11-16-21-59(58)60;17-13-7-8-14(18)16(13)21-15(19)20-9-12-10-5-3-1-2-4-6-11(10)12;1-2-8-5-6-9-4-3-7/h52-60,63-65H,12-51H2,1-3H3,(H,66,67);10-12H,3-9H2;2-7H2,1H3/t52-,53-,54-,55-,56-,57-,58-,59+,60?;10-,11+,12?;/m1../s1. The van der Waals surface area contributed by atoms with Gasteiger partial charge in [0.05, 0.1) is 184 Å². The molecule has 616 valence electrons. The van der Waals surface area contributed by atoms with Gasteiger partial charge in [-0.05, 0) is 163 Å². The lowest BCUT2D eigenvalue weighted by Gasteiger charge is -2.33. The number of imide groups is 1. The van der Waals surface area contributed by atoms with Crippen molar-refractivity contribution in [3.63, 3.8) is 0 Å². The van der Waals surface area contributed by atoms with Crippen LogP contribution in [-0.2, 0) is 85.5 Å². The van der Waals surface area contributed by atoms with Crippen molar-refractivity contribution in [2.75, 3.05) is 218 Å². The van der Waals surface area contributed by atoms with Crippen molar-refractivity contribution in [3.05, 3.63) is 0 Å². The number of hydroxylamine groups is 2. The number of ether oxygens (including phenoxy) is 15. The average Bonchev–Trinajstić information content (AvgIpc) is 1.63. The highest BCUT2D eigenvalue weighted by Crippen LogP contribution is 2.53. The van der Waals surface area contributed by atoms with Gasteiger partial charge in [0, 0.05) is 97.1 Å². The largest absolute Gasteiger partial charge is 0.533 e. The molecular formula is C83H134N6O20. The van der Waals surface area contributed by atoms with E-state index in [9.17, 15) is 19.2 Å². The van der Waals surface area contributed by atoms with Gasteiger partial charge >= 0.3 is 12.2 Å². The van der Waals surface area contributed by atoms with Crippen LogP contribution in [0.4, 0.5) is 9.59 Å². The quantitative estimate of drug-likeness (QED) is 0.0127. The maximum atomic E-state index is 12.4. The molecule has 12 atom stereocenters. The highest BCUT2D eigenvalue weighted by molar-refractivity contribution is 6.01. The summed E-state index contributed by atoms with van der Waals surface area (Å²) < 4.78 is 86.9. The Labute approximate surface area is 651 Å². The minimum atomic E-state index is -0.978. The van der Waals surface area contributed by atoms with Gasteiger partial charge in [-0.1, -0.05) is 5.06 Å². The lowest BCUT2D eigenvalue weighted by molar-refractivity contribution is -0.177. The van der Waals surface area contributed by atoms with Crippen molar-refractivity contribution in [3.8, 4) is 59.2 Å². The van der Waals surface area contributed by atoms with Gasteiger partial charge in [-0.3, -0.25) is 30.4 Å². The van der Waals surface area contributed by atoms with E-state index in [0.717, 1.165) is 115 Å². The van der Waals surface area contributed by atoms with E-state index in [1.165, 1.54) is 38.5 Å². The Bertz CT molecular complexity index is 2620. The number of nitrogens with one attached hydrogen (secondary N) is 4. The summed E-state index contributed by atoms with van der Waals surface area (Å²) in [7, 11) is 0. The van der Waals surface area contributed by atoms with Crippen LogP contribution < -0.4 is 27.0 Å². The Hall–Kier alpha value is -5.20. The summed E-state index contributed by atoms with van der Waals surface area (Å²) in [6.45, 7) is 24.4. The van der Waals surface area contributed by atoms with Crippen LogP contribution in [-0.4, -0.2) is 247 Å². The third kappa shape index (κ3) is 43.0. The molecule has 7 aliphatic carbocycles. The van der Waals surface area contributed by atoms with Gasteiger partial charge in [0.15, 0.2) is 0 Å². The number of fused-ring (bicyclic) bond motifs is 2. The van der Waals surface area contributed by atoms with E-state index in [2.05, 4.69) is 85.3 Å². The number of nitrogens with two attached hydrogens (primary N) is 1. The predicted octanol–water partition coefficient (Wildman–Crippen LogP) is 7.92. The molecule has 1 saturated heterocycles. The molecule has 0 radical (unpaired) electrons. The summed E-state index contributed by atoms with van der Waals surface area (Å²) in [6.07, 6.45) is 16.9. The smallest absolute Gasteiger partial charge is 0.449 e. The highest BCUT2D eigenvalue weighted by Gasteiger charge is 2.51. The Morgan fingerprint density at radius 3 is 1.16 bits per heavy atom. The monoisotopic (exact) mass is 1530 g/mol. The lowest BCUT2D eigenvalue weighted by atomic mass is 9.92. The molecule has 1 heterocycles. The second-order valence-corrected chi connectivity index (χ2v) is 29.1. The number of carbonyl (C=O) groups excluding carboxylic acids is 4. The number of carbonyl (C=O) groups is 4. The number of hydrogen-bond donors (Lipinski definition) is 5. The van der Waals surface area contributed by atoms with Crippen LogP contribution >= 0.6 is 0 Å². The molecule has 0 bridgehead atoms. The van der Waals surface area contributed by atoms with Crippen LogP contribution in [0.25, 0.3) is 0 Å². The first kappa shape index (κ1) is 92.7. The van der Waals surface area contributed by atoms with Gasteiger partial charge in [-0.15, -0.1) is 59.2 Å². The number of rotatable bonds is 61. The third-order valence-electron chi connectivity index (χ3n) is 20.7. The molecule has 0 aromatic rings. The van der Waals surface area contributed by atoms with E-state index in [0.29, 0.717) is 243 Å². The first-order chi connectivity index (χ1) is 53.6. The van der Waals surface area contributed by atoms with Crippen LogP contribution in [0.5, 0.6) is 0 Å². The number of hydrogen-bond acceptors (Lipinski definition) is 24. The zero-order valence-corrected chi connectivity index (χ0v) is 66.4. The molecule has 8 rings (SSSR count). The van der Waals surface area contributed by atoms with E-state index < -0.39 is 29.5 Å². The highest BCUT2D eigenvalue weighted by atomic mass is 16.8. The van der Waals surface area contributed by atoms with Crippen LogP contribution in [0, 0.1) is 136 Å². The summed E-state index contributed by atoms with van der Waals surface area (Å²) in [6, 6.07) is 0. The second kappa shape index (κ2) is 59.5. The Morgan fingerprint density at radius 2 is 0.789 bits per heavy atom. The molecule has 5 saturated carbocycles. The van der Waals surface area contributed by atoms with Gasteiger partial charge in [0.25, 0.3) is 11.8 Å². The van der Waals surface area contributed by atoms with E-state index in [1.54, 1.807) is 0 Å². The second-order valence-electron chi connectivity index (χ2n) is 29.1. The summed E-state index contributed by atoms with van der Waals surface area (Å²) in [4.78, 5) is 51.3. The normalized spacial score (nSPS) is 23.6. The van der Waals surface area contributed by atoms with Gasteiger partial charge < -0.3 is 82.1 Å². The predicted molar refractivity (Wildman–Crippen MR) is 411 cm³/mol. The number of alkyl carbamates (subject to hydrolysis) is 1. The zero-order chi connectivity index (χ0) is 77.3. The molecule has 0 spiro atoms. The molecule has 3 amide bonds. The molecular weight excluding hydrogens is 1400 g/mol. The molecule has 26 heteroatoms. The maximum absolute atomic E-state index is 12.4. The van der Waals surface area contributed by atoms with Crippen LogP contribution in [0.1, 0.15) is 150 Å². The molecule has 2 unspecified atom stereocenters. The third-order valence-corrected chi connectivity index (χ3v) is 20.7. The molecule has 0 aromatic carbocycles. The fourth-order valence-electron chi connectivity index (χ4n) is 13.9. The Kier molecular flexibility index (Phi) is 50.6. The van der Waals surface area contributed by atoms with Crippen molar-refractivity contribution in [1.29, 1.82) is 0 Å². The van der Waals surface area contributed by atoms with Crippen molar-refractivity contribution in [1.82, 2.24) is 26.3 Å². The summed E-state index contributed by atoms with van der Waals surface area (Å²) in [5.41, 5.74) is 4.53. The first-order valence-electron chi connectivity index (χ1n) is 40.7. The molecule has 6 fully saturated rings. The first-order valence-corrected chi connectivity index (χ1v) is 40.7. The van der Waals surface area contributed by atoms with Crippen molar-refractivity contribution in [2.24, 2.45) is 82.2 Å². The number of nitrogens with zero attached hydrogens (tertiary/aromatic N) is 1. The SMILES string of the molecule is CC#CCC[C@@H]1C[C@@H]1COCNCCOCCOCC(COCCOCCNCOC[C@H]1C[C@H]1CCC#CC)(COCCOCCNCOC[C@H]1C[C@H]1CCC#CC)COCCOCCNC(=O)OCC1[C@H]2CCC#CCC[C@@H]12.CCOCCOCCN.O=C(OCC1[C@H]2CCC#CCC[C@@H]12)ON1C(=O)CCC1=O. The lowest BCUT2D eigenvalue weighted by Crippen LogP contribution is -2.43. The maximum Gasteiger partial charge on any atom is 0.533 e. The van der Waals surface area contributed by atoms with Gasteiger partial charge in [0.1, 0.15) is 0 Å². The van der Waals surface area contributed by atoms with Crippen molar-refractivity contribution in [2.45, 2.75) is 150 Å². The fraction of sp³-hybridized carbons (Fsp3) is 0.831. The van der Waals surface area contributed by atoms with E-state index in [-0.39, 0.29) is 19.4 Å². The minimum absolute atomic E-state index is 0.0822. The molecule has 109 heavy (non-hydrogen) atoms. The van der Waals surface area contributed by atoms with Crippen LogP contribution in [0.15, 0.2) is 0 Å². The summed E-state index contributed by atoms with van der Waals surface area (Å²) in [5.74, 6) is 37.6. The minimum Gasteiger partial charge on any atom is -0.449 e. The Balaban J connectivity index is 0.000000506. The van der Waals surface area contributed by atoms with Gasteiger partial charge in [-0.2, -0.15) is 0 Å². The van der Waals surface area contributed by atoms with Crippen molar-refractivity contribution >= 4 is 24.1 Å². The van der Waals surface area contributed by atoms with Crippen LogP contribution in [0.2, 0.25) is 0 Å². The zero-order valence-electron chi connectivity index (χ0n) is 66.4. The average molecular weight is 1540 g/mol. The van der Waals surface area contributed by atoms with Gasteiger partial charge in [-0.25, -0.2) is 9.59 Å². The summed E-state index contributed by atoms with van der Waals surface area (Å²) in [5, 5.41) is 13.3. The number of amides is 3. The fourth-order valence-corrected chi connectivity index (χ4v) is 13.9. The van der Waals surface area contributed by atoms with E-state index >= 15 is 0 Å². The van der Waals surface area contributed by atoms with Crippen LogP contribution in [0.3, 0.4) is 0 Å².